The summed E-state index contributed by atoms with van der Waals surface area (Å²) in [6.45, 7) is 0.776. The molecule has 1 aliphatic heterocycles. The molecule has 1 heterocycles. The molecule has 1 unspecified atom stereocenters. The van der Waals surface area contributed by atoms with Crippen molar-refractivity contribution in [1.82, 2.24) is 10.2 Å². The van der Waals surface area contributed by atoms with Gasteiger partial charge in [0.05, 0.1) is 12.5 Å². The third-order valence-corrected chi connectivity index (χ3v) is 2.69. The molecule has 0 aromatic rings. The fourth-order valence-electron chi connectivity index (χ4n) is 1.25. The van der Waals surface area contributed by atoms with Gasteiger partial charge in [-0.15, -0.1) is 0 Å². The van der Waals surface area contributed by atoms with Gasteiger partial charge >= 0.3 is 0 Å². The molecule has 0 saturated carbocycles. The summed E-state index contributed by atoms with van der Waals surface area (Å²) in [5.74, 6) is 0.763. The number of imide groups is 1. The van der Waals surface area contributed by atoms with E-state index in [4.69, 9.17) is 0 Å². The Balaban J connectivity index is 2.36. The summed E-state index contributed by atoms with van der Waals surface area (Å²) in [7, 11) is 1.53. The van der Waals surface area contributed by atoms with E-state index in [1.807, 2.05) is 6.26 Å². The lowest BCUT2D eigenvalue weighted by Crippen LogP contribution is -2.38. The van der Waals surface area contributed by atoms with E-state index in [0.29, 0.717) is 6.42 Å². The van der Waals surface area contributed by atoms with E-state index in [0.717, 1.165) is 12.3 Å². The van der Waals surface area contributed by atoms with E-state index >= 15 is 0 Å². The summed E-state index contributed by atoms with van der Waals surface area (Å²) in [6, 6.07) is -0.287. The molecule has 0 radical (unpaired) electrons. The Morgan fingerprint density at radius 3 is 2.77 bits per heavy atom. The number of rotatable bonds is 4. The van der Waals surface area contributed by atoms with Gasteiger partial charge in [0.2, 0.25) is 11.8 Å². The fraction of sp³-hybridized carbons (Fsp3) is 0.750. The van der Waals surface area contributed by atoms with Gasteiger partial charge in [0, 0.05) is 19.3 Å². The normalized spacial score (nSPS) is 22.9. The molecule has 2 amide bonds. The highest BCUT2D eigenvalue weighted by Crippen LogP contribution is 2.10. The van der Waals surface area contributed by atoms with Gasteiger partial charge < -0.3 is 5.32 Å². The molecule has 1 rings (SSSR count). The van der Waals surface area contributed by atoms with Crippen molar-refractivity contribution in [2.75, 3.05) is 25.6 Å². The van der Waals surface area contributed by atoms with E-state index in [2.05, 4.69) is 5.32 Å². The molecular formula is C8H14N2O2S. The summed E-state index contributed by atoms with van der Waals surface area (Å²) in [4.78, 5) is 23.6. The van der Waals surface area contributed by atoms with Gasteiger partial charge in [0.15, 0.2) is 0 Å². The maximum atomic E-state index is 11.3. The molecule has 0 aliphatic carbocycles. The van der Waals surface area contributed by atoms with Gasteiger partial charge in [-0.2, -0.15) is 11.8 Å². The zero-order valence-electron chi connectivity index (χ0n) is 7.87. The topological polar surface area (TPSA) is 49.4 Å². The predicted octanol–water partition coefficient (Wildman–Crippen LogP) is -0.304. The summed E-state index contributed by atoms with van der Waals surface area (Å²) in [5, 5.41) is 3.06. The van der Waals surface area contributed by atoms with Crippen LogP contribution in [0.4, 0.5) is 0 Å². The molecule has 13 heavy (non-hydrogen) atoms. The number of likely N-dealkylation sites (N-methyl/N-ethyl adjacent to an activating group) is 1. The Hall–Kier alpha value is -0.550. The molecule has 5 heteroatoms. The van der Waals surface area contributed by atoms with Gasteiger partial charge in [-0.3, -0.25) is 14.5 Å². The van der Waals surface area contributed by atoms with Crippen LogP contribution in [-0.4, -0.2) is 48.4 Å². The SMILES string of the molecule is CSCCNC1CC(=O)N(C)C1=O. The lowest BCUT2D eigenvalue weighted by atomic mass is 10.2. The average Bonchev–Trinajstić information content (AvgIpc) is 2.34. The quantitative estimate of drug-likeness (QED) is 0.502. The number of likely N-dealkylation sites (tertiary alicyclic amines) is 1. The summed E-state index contributed by atoms with van der Waals surface area (Å²) < 4.78 is 0. The Morgan fingerprint density at radius 2 is 2.31 bits per heavy atom. The molecule has 0 aromatic heterocycles. The van der Waals surface area contributed by atoms with Crippen molar-refractivity contribution in [3.63, 3.8) is 0 Å². The molecule has 0 bridgehead atoms. The molecule has 4 nitrogen and oxygen atoms in total. The monoisotopic (exact) mass is 202 g/mol. The minimum atomic E-state index is -0.287. The van der Waals surface area contributed by atoms with Crippen LogP contribution in [-0.2, 0) is 9.59 Å². The summed E-state index contributed by atoms with van der Waals surface area (Å²) in [6.07, 6.45) is 2.32. The van der Waals surface area contributed by atoms with Crippen LogP contribution in [0.2, 0.25) is 0 Å². The van der Waals surface area contributed by atoms with Crippen LogP contribution in [0.1, 0.15) is 6.42 Å². The fourth-order valence-corrected chi connectivity index (χ4v) is 1.57. The number of hydrogen-bond acceptors (Lipinski definition) is 4. The number of nitrogens with zero attached hydrogens (tertiary/aromatic N) is 1. The van der Waals surface area contributed by atoms with Crippen molar-refractivity contribution in [3.05, 3.63) is 0 Å². The maximum absolute atomic E-state index is 11.3. The second-order valence-corrected chi connectivity index (χ2v) is 3.98. The zero-order valence-corrected chi connectivity index (χ0v) is 8.69. The van der Waals surface area contributed by atoms with Crippen molar-refractivity contribution in [2.24, 2.45) is 0 Å². The lowest BCUT2D eigenvalue weighted by molar-refractivity contribution is -0.137. The number of carbonyl (C=O) groups is 2. The Bertz CT molecular complexity index is 220. The van der Waals surface area contributed by atoms with Crippen LogP contribution in [0.3, 0.4) is 0 Å². The summed E-state index contributed by atoms with van der Waals surface area (Å²) >= 11 is 1.72. The van der Waals surface area contributed by atoms with Crippen molar-refractivity contribution in [2.45, 2.75) is 12.5 Å². The molecule has 1 aliphatic rings. The molecular weight excluding hydrogens is 188 g/mol. The van der Waals surface area contributed by atoms with Crippen LogP contribution in [0.15, 0.2) is 0 Å². The Labute approximate surface area is 82.0 Å². The van der Waals surface area contributed by atoms with E-state index in [-0.39, 0.29) is 17.9 Å². The maximum Gasteiger partial charge on any atom is 0.246 e. The average molecular weight is 202 g/mol. The van der Waals surface area contributed by atoms with Gasteiger partial charge in [-0.1, -0.05) is 0 Å². The van der Waals surface area contributed by atoms with Crippen LogP contribution in [0.5, 0.6) is 0 Å². The Kier molecular flexibility index (Phi) is 3.74. The number of amides is 2. The highest BCUT2D eigenvalue weighted by Gasteiger charge is 2.35. The van der Waals surface area contributed by atoms with Crippen molar-refractivity contribution in [1.29, 1.82) is 0 Å². The van der Waals surface area contributed by atoms with Crippen LogP contribution in [0, 0.1) is 0 Å². The van der Waals surface area contributed by atoms with E-state index < -0.39 is 0 Å². The second-order valence-electron chi connectivity index (χ2n) is 2.99. The number of nitrogens with one attached hydrogen (secondary N) is 1. The highest BCUT2D eigenvalue weighted by atomic mass is 32.2. The van der Waals surface area contributed by atoms with E-state index in [1.54, 1.807) is 11.8 Å². The second kappa shape index (κ2) is 4.62. The molecule has 1 atom stereocenters. The first-order valence-corrected chi connectivity index (χ1v) is 5.59. The minimum Gasteiger partial charge on any atom is -0.305 e. The van der Waals surface area contributed by atoms with Gasteiger partial charge in [0.25, 0.3) is 0 Å². The third kappa shape index (κ3) is 2.45. The molecule has 1 N–H and O–H groups in total. The van der Waals surface area contributed by atoms with Crippen molar-refractivity contribution < 1.29 is 9.59 Å². The molecule has 1 fully saturated rings. The predicted molar refractivity (Wildman–Crippen MR) is 52.6 cm³/mol. The first-order valence-electron chi connectivity index (χ1n) is 4.19. The third-order valence-electron chi connectivity index (χ3n) is 2.08. The first-order chi connectivity index (χ1) is 6.16. The Morgan fingerprint density at radius 1 is 1.62 bits per heavy atom. The highest BCUT2D eigenvalue weighted by molar-refractivity contribution is 7.98. The number of hydrogen-bond donors (Lipinski definition) is 1. The van der Waals surface area contributed by atoms with Crippen LogP contribution < -0.4 is 5.32 Å². The van der Waals surface area contributed by atoms with Gasteiger partial charge in [-0.25, -0.2) is 0 Å². The molecule has 0 spiro atoms. The lowest BCUT2D eigenvalue weighted by Gasteiger charge is -2.09. The van der Waals surface area contributed by atoms with E-state index in [9.17, 15) is 9.59 Å². The standard InChI is InChI=1S/C8H14N2O2S/c1-10-7(11)5-6(8(10)12)9-3-4-13-2/h6,9H,3-5H2,1-2H3. The van der Waals surface area contributed by atoms with Crippen LogP contribution >= 0.6 is 11.8 Å². The molecule has 0 aromatic carbocycles. The van der Waals surface area contributed by atoms with Crippen molar-refractivity contribution in [3.8, 4) is 0 Å². The molecule has 1 saturated heterocycles. The van der Waals surface area contributed by atoms with E-state index in [1.165, 1.54) is 11.9 Å². The number of carbonyl (C=O) groups excluding carboxylic acids is 2. The summed E-state index contributed by atoms with van der Waals surface area (Å²) in [5.41, 5.74) is 0. The zero-order chi connectivity index (χ0) is 9.84. The number of thioether (sulfide) groups is 1. The van der Waals surface area contributed by atoms with Gasteiger partial charge in [-0.05, 0) is 6.26 Å². The van der Waals surface area contributed by atoms with Gasteiger partial charge in [0.1, 0.15) is 0 Å². The van der Waals surface area contributed by atoms with Crippen molar-refractivity contribution >= 4 is 23.6 Å². The van der Waals surface area contributed by atoms with Crippen LogP contribution in [0.25, 0.3) is 0 Å². The molecule has 74 valence electrons. The minimum absolute atomic E-state index is 0.0911. The first kappa shape index (κ1) is 10.5. The largest absolute Gasteiger partial charge is 0.305 e. The smallest absolute Gasteiger partial charge is 0.246 e.